The number of ketones is 1. The Morgan fingerprint density at radius 3 is 2.50 bits per heavy atom. The van der Waals surface area contributed by atoms with Crippen molar-refractivity contribution in [3.63, 3.8) is 0 Å². The van der Waals surface area contributed by atoms with E-state index in [0.717, 1.165) is 11.1 Å². The Balaban J connectivity index is 2.05. The van der Waals surface area contributed by atoms with Gasteiger partial charge in [-0.2, -0.15) is 0 Å². The van der Waals surface area contributed by atoms with E-state index < -0.39 is 0 Å². The summed E-state index contributed by atoms with van der Waals surface area (Å²) in [5.41, 5.74) is 1.55. The SMILES string of the molecule is CC(C)(C)NC(=O)c1cc(CC(=O)Cc2ccccc2Cl)ccn1. The van der Waals surface area contributed by atoms with Crippen LogP contribution < -0.4 is 5.32 Å². The first kappa shape index (κ1) is 18.1. The van der Waals surface area contributed by atoms with Gasteiger partial charge < -0.3 is 5.32 Å². The molecule has 0 saturated heterocycles. The van der Waals surface area contributed by atoms with Crippen molar-refractivity contribution in [3.05, 3.63) is 64.4 Å². The average Bonchev–Trinajstić information content (AvgIpc) is 2.48. The lowest BCUT2D eigenvalue weighted by molar-refractivity contribution is -0.117. The fourth-order valence-electron chi connectivity index (χ4n) is 2.26. The number of hydrogen-bond donors (Lipinski definition) is 1. The molecule has 0 spiro atoms. The quantitative estimate of drug-likeness (QED) is 0.901. The predicted octanol–water partition coefficient (Wildman–Crippen LogP) is 3.62. The molecule has 0 fully saturated rings. The van der Waals surface area contributed by atoms with Gasteiger partial charge in [0.1, 0.15) is 11.5 Å². The molecule has 126 valence electrons. The second-order valence-electron chi connectivity index (χ2n) is 6.74. The summed E-state index contributed by atoms with van der Waals surface area (Å²) in [5.74, 6) is -0.209. The molecule has 4 nitrogen and oxygen atoms in total. The van der Waals surface area contributed by atoms with Crippen LogP contribution in [0.2, 0.25) is 5.02 Å². The molecule has 0 radical (unpaired) electrons. The minimum absolute atomic E-state index is 0.0384. The number of aromatic nitrogens is 1. The molecule has 0 atom stereocenters. The van der Waals surface area contributed by atoms with Crippen LogP contribution in [0.4, 0.5) is 0 Å². The number of carbonyl (C=O) groups excluding carboxylic acids is 2. The second-order valence-corrected chi connectivity index (χ2v) is 7.14. The van der Waals surface area contributed by atoms with E-state index in [2.05, 4.69) is 10.3 Å². The molecule has 0 bridgehead atoms. The van der Waals surface area contributed by atoms with Gasteiger partial charge in [0, 0.05) is 29.6 Å². The van der Waals surface area contributed by atoms with Gasteiger partial charge in [-0.05, 0) is 50.1 Å². The van der Waals surface area contributed by atoms with Crippen LogP contribution in [0.1, 0.15) is 42.4 Å². The van der Waals surface area contributed by atoms with Crippen LogP contribution in [-0.4, -0.2) is 22.2 Å². The van der Waals surface area contributed by atoms with Gasteiger partial charge >= 0.3 is 0 Å². The molecule has 1 aromatic heterocycles. The Morgan fingerprint density at radius 2 is 1.83 bits per heavy atom. The summed E-state index contributed by atoms with van der Waals surface area (Å²) in [6, 6.07) is 10.7. The first-order valence-corrected chi connectivity index (χ1v) is 8.15. The first-order valence-electron chi connectivity index (χ1n) is 7.77. The molecular formula is C19H21ClN2O2. The highest BCUT2D eigenvalue weighted by Gasteiger charge is 2.17. The fourth-order valence-corrected chi connectivity index (χ4v) is 2.46. The monoisotopic (exact) mass is 344 g/mol. The summed E-state index contributed by atoms with van der Waals surface area (Å²) in [6.45, 7) is 5.71. The smallest absolute Gasteiger partial charge is 0.270 e. The third kappa shape index (κ3) is 5.46. The summed E-state index contributed by atoms with van der Waals surface area (Å²) < 4.78 is 0. The molecule has 1 heterocycles. The summed E-state index contributed by atoms with van der Waals surface area (Å²) in [7, 11) is 0. The van der Waals surface area contributed by atoms with Crippen molar-refractivity contribution in [3.8, 4) is 0 Å². The number of benzene rings is 1. The maximum absolute atomic E-state index is 12.3. The van der Waals surface area contributed by atoms with E-state index in [-0.39, 0.29) is 30.1 Å². The predicted molar refractivity (Wildman–Crippen MR) is 95.3 cm³/mol. The molecule has 1 amide bonds. The largest absolute Gasteiger partial charge is 0.346 e. The van der Waals surface area contributed by atoms with E-state index in [1.807, 2.05) is 39.0 Å². The number of hydrogen-bond acceptors (Lipinski definition) is 3. The van der Waals surface area contributed by atoms with Crippen LogP contribution in [0.3, 0.4) is 0 Å². The zero-order chi connectivity index (χ0) is 17.7. The highest BCUT2D eigenvalue weighted by atomic mass is 35.5. The molecule has 0 unspecified atom stereocenters. The Hall–Kier alpha value is -2.20. The van der Waals surface area contributed by atoms with E-state index >= 15 is 0 Å². The number of Topliss-reactive ketones (excluding diaryl/α,β-unsaturated/α-hetero) is 1. The van der Waals surface area contributed by atoms with Crippen LogP contribution in [0.5, 0.6) is 0 Å². The van der Waals surface area contributed by atoms with E-state index in [1.165, 1.54) is 0 Å². The standard InChI is InChI=1S/C19H21ClN2O2/c1-19(2,3)22-18(24)17-11-13(8-9-21-17)10-15(23)12-14-6-4-5-7-16(14)20/h4-9,11H,10,12H2,1-3H3,(H,22,24). The van der Waals surface area contributed by atoms with Gasteiger partial charge in [0.2, 0.25) is 0 Å². The van der Waals surface area contributed by atoms with Crippen molar-refractivity contribution in [2.45, 2.75) is 39.2 Å². The summed E-state index contributed by atoms with van der Waals surface area (Å²) in [5, 5.41) is 3.45. The lowest BCUT2D eigenvalue weighted by Gasteiger charge is -2.20. The van der Waals surface area contributed by atoms with E-state index in [4.69, 9.17) is 11.6 Å². The molecule has 24 heavy (non-hydrogen) atoms. The van der Waals surface area contributed by atoms with Crippen LogP contribution in [0, 0.1) is 0 Å². The maximum atomic E-state index is 12.3. The van der Waals surface area contributed by atoms with Gasteiger partial charge in [-0.15, -0.1) is 0 Å². The van der Waals surface area contributed by atoms with E-state index in [0.29, 0.717) is 10.7 Å². The Kier molecular flexibility index (Phi) is 5.73. The number of halogens is 1. The molecule has 0 aliphatic heterocycles. The highest BCUT2D eigenvalue weighted by Crippen LogP contribution is 2.16. The van der Waals surface area contributed by atoms with Crippen molar-refractivity contribution >= 4 is 23.3 Å². The molecule has 0 saturated carbocycles. The van der Waals surface area contributed by atoms with Crippen LogP contribution >= 0.6 is 11.6 Å². The van der Waals surface area contributed by atoms with Crippen molar-refractivity contribution in [2.24, 2.45) is 0 Å². The van der Waals surface area contributed by atoms with Crippen molar-refractivity contribution in [2.75, 3.05) is 0 Å². The third-order valence-electron chi connectivity index (χ3n) is 3.29. The average molecular weight is 345 g/mol. The van der Waals surface area contributed by atoms with E-state index in [9.17, 15) is 9.59 Å². The lowest BCUT2D eigenvalue weighted by atomic mass is 10.0. The normalized spacial score (nSPS) is 11.2. The summed E-state index contributed by atoms with van der Waals surface area (Å²) in [4.78, 5) is 28.5. The number of rotatable bonds is 5. The van der Waals surface area contributed by atoms with Gasteiger partial charge in [-0.25, -0.2) is 0 Å². The number of nitrogens with zero attached hydrogens (tertiary/aromatic N) is 1. The molecule has 1 N–H and O–H groups in total. The Labute approximate surface area is 147 Å². The van der Waals surface area contributed by atoms with Crippen molar-refractivity contribution in [1.82, 2.24) is 10.3 Å². The van der Waals surface area contributed by atoms with Gasteiger partial charge in [0.15, 0.2) is 0 Å². The minimum atomic E-state index is -0.339. The number of carbonyl (C=O) groups is 2. The molecular weight excluding hydrogens is 324 g/mol. The molecule has 0 aliphatic rings. The Bertz CT molecular complexity index is 751. The van der Waals surface area contributed by atoms with Gasteiger partial charge in [-0.3, -0.25) is 14.6 Å². The maximum Gasteiger partial charge on any atom is 0.270 e. The number of pyridine rings is 1. The van der Waals surface area contributed by atoms with E-state index in [1.54, 1.807) is 24.4 Å². The Morgan fingerprint density at radius 1 is 1.12 bits per heavy atom. The number of nitrogens with one attached hydrogen (secondary N) is 1. The molecule has 5 heteroatoms. The minimum Gasteiger partial charge on any atom is -0.346 e. The van der Waals surface area contributed by atoms with Crippen molar-refractivity contribution in [1.29, 1.82) is 0 Å². The number of amides is 1. The summed E-state index contributed by atoms with van der Waals surface area (Å²) >= 11 is 6.08. The summed E-state index contributed by atoms with van der Waals surface area (Å²) in [6.07, 6.45) is 2.06. The van der Waals surface area contributed by atoms with Gasteiger partial charge in [0.25, 0.3) is 5.91 Å². The van der Waals surface area contributed by atoms with Gasteiger partial charge in [-0.1, -0.05) is 29.8 Å². The lowest BCUT2D eigenvalue weighted by Crippen LogP contribution is -2.40. The molecule has 2 aromatic rings. The van der Waals surface area contributed by atoms with Crippen LogP contribution in [0.15, 0.2) is 42.6 Å². The molecule has 2 rings (SSSR count). The van der Waals surface area contributed by atoms with Crippen LogP contribution in [-0.2, 0) is 17.6 Å². The first-order chi connectivity index (χ1) is 11.2. The topological polar surface area (TPSA) is 59.1 Å². The zero-order valence-electron chi connectivity index (χ0n) is 14.1. The van der Waals surface area contributed by atoms with Crippen LogP contribution in [0.25, 0.3) is 0 Å². The second kappa shape index (κ2) is 7.58. The third-order valence-corrected chi connectivity index (χ3v) is 3.66. The highest BCUT2D eigenvalue weighted by molar-refractivity contribution is 6.31. The van der Waals surface area contributed by atoms with Gasteiger partial charge in [0.05, 0.1) is 0 Å². The zero-order valence-corrected chi connectivity index (χ0v) is 14.9. The molecule has 0 aliphatic carbocycles. The fraction of sp³-hybridized carbons (Fsp3) is 0.316. The van der Waals surface area contributed by atoms with Crippen molar-refractivity contribution < 1.29 is 9.59 Å². The molecule has 1 aromatic carbocycles.